The second kappa shape index (κ2) is 25.4. The summed E-state index contributed by atoms with van der Waals surface area (Å²) in [6, 6.07) is 12.9. The van der Waals surface area contributed by atoms with Gasteiger partial charge in [0.25, 0.3) is 0 Å². The zero-order valence-electron chi connectivity index (χ0n) is 33.4. The number of benzene rings is 3. The summed E-state index contributed by atoms with van der Waals surface area (Å²) in [6.45, 7) is 15.5. The second-order valence-corrected chi connectivity index (χ2v) is 13.1. The van der Waals surface area contributed by atoms with E-state index in [9.17, 15) is 9.59 Å². The molecule has 0 spiro atoms. The van der Waals surface area contributed by atoms with Gasteiger partial charge in [0.2, 0.25) is 11.5 Å². The van der Waals surface area contributed by atoms with Crippen LogP contribution in [0.25, 0.3) is 0 Å². The van der Waals surface area contributed by atoms with E-state index in [1.807, 2.05) is 0 Å². The van der Waals surface area contributed by atoms with Gasteiger partial charge in [-0.15, -0.1) is 0 Å². The third-order valence-corrected chi connectivity index (χ3v) is 8.27. The highest BCUT2D eigenvalue weighted by atomic mass is 16.6. The molecule has 0 saturated carbocycles. The molecule has 0 bridgehead atoms. The summed E-state index contributed by atoms with van der Waals surface area (Å²) in [5.74, 6) is 2.15. The molecule has 10 nitrogen and oxygen atoms in total. The summed E-state index contributed by atoms with van der Waals surface area (Å²) in [4.78, 5) is 26.9. The monoisotopic (exact) mass is 750 g/mol. The zero-order chi connectivity index (χ0) is 39.0. The van der Waals surface area contributed by atoms with E-state index < -0.39 is 11.9 Å². The third kappa shape index (κ3) is 14.7. The van der Waals surface area contributed by atoms with Crippen molar-refractivity contribution in [1.82, 2.24) is 0 Å². The Morgan fingerprint density at radius 1 is 0.389 bits per heavy atom. The van der Waals surface area contributed by atoms with E-state index in [0.29, 0.717) is 74.1 Å². The van der Waals surface area contributed by atoms with Gasteiger partial charge in [-0.2, -0.15) is 0 Å². The predicted molar refractivity (Wildman–Crippen MR) is 212 cm³/mol. The molecular formula is C44H62O10. The van der Waals surface area contributed by atoms with Crippen LogP contribution in [0.2, 0.25) is 0 Å². The van der Waals surface area contributed by atoms with Gasteiger partial charge in [0.05, 0.1) is 50.8 Å². The lowest BCUT2D eigenvalue weighted by atomic mass is 10.1. The highest BCUT2D eigenvalue weighted by Crippen LogP contribution is 2.41. The summed E-state index contributed by atoms with van der Waals surface area (Å²) in [7, 11) is 0. The number of ether oxygens (including phenoxy) is 8. The van der Waals surface area contributed by atoms with Crippen molar-refractivity contribution >= 4 is 11.9 Å². The van der Waals surface area contributed by atoms with Crippen molar-refractivity contribution in [2.75, 3.05) is 39.6 Å². The highest BCUT2D eigenvalue weighted by molar-refractivity contribution is 5.93. The Kier molecular flexibility index (Phi) is 20.6. The summed E-state index contributed by atoms with van der Waals surface area (Å²) >= 11 is 0. The van der Waals surface area contributed by atoms with Gasteiger partial charge in [0.15, 0.2) is 23.0 Å². The van der Waals surface area contributed by atoms with Gasteiger partial charge in [0, 0.05) is 0 Å². The summed E-state index contributed by atoms with van der Waals surface area (Å²) in [6.07, 6.45) is 11.0. The molecule has 298 valence electrons. The lowest BCUT2D eigenvalue weighted by Crippen LogP contribution is -2.12. The Hall–Kier alpha value is -4.60. The van der Waals surface area contributed by atoms with E-state index >= 15 is 0 Å². The first-order valence-corrected chi connectivity index (χ1v) is 20.1. The fourth-order valence-corrected chi connectivity index (χ4v) is 4.95. The summed E-state index contributed by atoms with van der Waals surface area (Å²) < 4.78 is 48.1. The lowest BCUT2D eigenvalue weighted by Gasteiger charge is -2.18. The quantitative estimate of drug-likeness (QED) is 0.0404. The molecule has 0 unspecified atom stereocenters. The molecule has 0 saturated heterocycles. The van der Waals surface area contributed by atoms with Crippen molar-refractivity contribution < 1.29 is 47.5 Å². The minimum absolute atomic E-state index is 0.266. The Balaban J connectivity index is 1.82. The van der Waals surface area contributed by atoms with Crippen LogP contribution in [0, 0.1) is 0 Å². The number of hydrogen-bond donors (Lipinski definition) is 0. The average molecular weight is 751 g/mol. The van der Waals surface area contributed by atoms with E-state index in [-0.39, 0.29) is 22.6 Å². The molecular weight excluding hydrogens is 688 g/mol. The van der Waals surface area contributed by atoms with E-state index in [4.69, 9.17) is 37.9 Å². The molecule has 0 N–H and O–H groups in total. The molecule has 0 aliphatic carbocycles. The third-order valence-electron chi connectivity index (χ3n) is 8.27. The van der Waals surface area contributed by atoms with Gasteiger partial charge >= 0.3 is 11.9 Å². The molecule has 3 aromatic carbocycles. The number of hydrogen-bond acceptors (Lipinski definition) is 10. The van der Waals surface area contributed by atoms with Crippen LogP contribution in [0.15, 0.2) is 48.5 Å². The van der Waals surface area contributed by atoms with E-state index in [1.165, 1.54) is 0 Å². The van der Waals surface area contributed by atoms with Crippen molar-refractivity contribution in [3.05, 3.63) is 59.7 Å². The SMILES string of the molecule is CCCCOc1cc(C(=O)Oc2ccc(OC(=O)c3cc(OCCCC)c(OCCCC)c(OCCCC)c3)cc2)cc(OCCCC)c1OCCCC. The van der Waals surface area contributed by atoms with Gasteiger partial charge in [-0.1, -0.05) is 80.1 Å². The first-order valence-electron chi connectivity index (χ1n) is 20.1. The largest absolute Gasteiger partial charge is 0.490 e. The number of carbonyl (C=O) groups is 2. The molecule has 10 heteroatoms. The molecule has 3 rings (SSSR count). The summed E-state index contributed by atoms with van der Waals surface area (Å²) in [5, 5.41) is 0. The standard InChI is InChI=1S/C44H62O10/c1-7-13-23-47-37-29-33(30-38(48-24-14-8-2)41(37)51-27-17-11-5)43(45)53-35-19-21-36(22-20-35)54-44(46)34-31-39(49-25-15-9-3)42(52-28-18-12-6)40(32-34)50-26-16-10-4/h19-22,29-32H,7-18,23-28H2,1-6H3. The summed E-state index contributed by atoms with van der Waals surface area (Å²) in [5.41, 5.74) is 0.532. The number of unbranched alkanes of at least 4 members (excludes halogenated alkanes) is 6. The van der Waals surface area contributed by atoms with Crippen LogP contribution in [0.4, 0.5) is 0 Å². The highest BCUT2D eigenvalue weighted by Gasteiger charge is 2.22. The van der Waals surface area contributed by atoms with Crippen LogP contribution < -0.4 is 37.9 Å². The first kappa shape index (κ1) is 43.8. The molecule has 0 aliphatic heterocycles. The molecule has 0 atom stereocenters. The maximum absolute atomic E-state index is 13.5. The topological polar surface area (TPSA) is 108 Å². The van der Waals surface area contributed by atoms with Gasteiger partial charge in [-0.25, -0.2) is 9.59 Å². The van der Waals surface area contributed by atoms with Crippen molar-refractivity contribution in [3.63, 3.8) is 0 Å². The van der Waals surface area contributed by atoms with Crippen LogP contribution >= 0.6 is 0 Å². The average Bonchev–Trinajstić information content (AvgIpc) is 3.17. The normalized spacial score (nSPS) is 10.8. The minimum atomic E-state index is -0.590. The Bertz CT molecular complexity index is 1360. The maximum atomic E-state index is 13.5. The van der Waals surface area contributed by atoms with E-state index in [0.717, 1.165) is 77.0 Å². The van der Waals surface area contributed by atoms with Crippen molar-refractivity contribution in [2.24, 2.45) is 0 Å². The van der Waals surface area contributed by atoms with Gasteiger partial charge in [-0.3, -0.25) is 0 Å². The molecule has 0 fully saturated rings. The van der Waals surface area contributed by atoms with Crippen molar-refractivity contribution in [3.8, 4) is 46.0 Å². The van der Waals surface area contributed by atoms with Gasteiger partial charge in [-0.05, 0) is 87.1 Å². The lowest BCUT2D eigenvalue weighted by molar-refractivity contribution is 0.0718. The molecule has 0 amide bonds. The Morgan fingerprint density at radius 3 is 0.870 bits per heavy atom. The van der Waals surface area contributed by atoms with Crippen molar-refractivity contribution in [2.45, 2.75) is 119 Å². The van der Waals surface area contributed by atoms with Crippen LogP contribution in [0.3, 0.4) is 0 Å². The van der Waals surface area contributed by atoms with Crippen molar-refractivity contribution in [1.29, 1.82) is 0 Å². The Morgan fingerprint density at radius 2 is 0.630 bits per heavy atom. The fraction of sp³-hybridized carbons (Fsp3) is 0.545. The smallest absolute Gasteiger partial charge is 0.343 e. The zero-order valence-corrected chi connectivity index (χ0v) is 33.4. The molecule has 3 aromatic rings. The molecule has 0 heterocycles. The van der Waals surface area contributed by atoms with Crippen LogP contribution in [0.5, 0.6) is 46.0 Å². The molecule has 0 radical (unpaired) electrons. The van der Waals surface area contributed by atoms with Gasteiger partial charge < -0.3 is 37.9 Å². The Labute approximate surface area is 322 Å². The number of carbonyl (C=O) groups excluding carboxylic acids is 2. The van der Waals surface area contributed by atoms with Gasteiger partial charge in [0.1, 0.15) is 11.5 Å². The van der Waals surface area contributed by atoms with Crippen LogP contribution in [-0.4, -0.2) is 51.6 Å². The second-order valence-electron chi connectivity index (χ2n) is 13.1. The maximum Gasteiger partial charge on any atom is 0.343 e. The first-order chi connectivity index (χ1) is 26.4. The number of rotatable bonds is 28. The van der Waals surface area contributed by atoms with Crippen LogP contribution in [0.1, 0.15) is 139 Å². The minimum Gasteiger partial charge on any atom is -0.490 e. The van der Waals surface area contributed by atoms with E-state index in [1.54, 1.807) is 48.5 Å². The molecule has 0 aliphatic rings. The van der Waals surface area contributed by atoms with Crippen LogP contribution in [-0.2, 0) is 0 Å². The fourth-order valence-electron chi connectivity index (χ4n) is 4.95. The predicted octanol–water partition coefficient (Wildman–Crippen LogP) is 11.2. The number of esters is 2. The van der Waals surface area contributed by atoms with E-state index in [2.05, 4.69) is 41.5 Å². The molecule has 54 heavy (non-hydrogen) atoms. The molecule has 0 aromatic heterocycles.